The largest absolute Gasteiger partial charge is 0.495 e. The van der Waals surface area contributed by atoms with Gasteiger partial charge in [0.15, 0.2) is 0 Å². The van der Waals surface area contributed by atoms with Crippen molar-refractivity contribution in [2.24, 2.45) is 0 Å². The van der Waals surface area contributed by atoms with Crippen molar-refractivity contribution in [1.29, 1.82) is 0 Å². The second-order valence-corrected chi connectivity index (χ2v) is 5.70. The standard InChI is InChI=1S/C13H21NO2S/c1-11(2)14-9-6-10-17(15)13-8-5-4-7-12(13)16-3/h4-5,7-8,11,14H,6,9-10H2,1-3H3. The van der Waals surface area contributed by atoms with Crippen molar-refractivity contribution in [2.75, 3.05) is 19.4 Å². The fourth-order valence-electron chi connectivity index (χ4n) is 1.51. The average Bonchev–Trinajstić information content (AvgIpc) is 2.34. The number of hydrogen-bond acceptors (Lipinski definition) is 3. The van der Waals surface area contributed by atoms with Gasteiger partial charge < -0.3 is 10.1 Å². The summed E-state index contributed by atoms with van der Waals surface area (Å²) in [4.78, 5) is 0.791. The van der Waals surface area contributed by atoms with E-state index in [2.05, 4.69) is 19.2 Å². The molecule has 1 aromatic rings. The Labute approximate surface area is 106 Å². The highest BCUT2D eigenvalue weighted by atomic mass is 32.2. The molecular weight excluding hydrogens is 234 g/mol. The molecule has 0 aliphatic rings. The number of hydrogen-bond donors (Lipinski definition) is 1. The molecule has 1 aromatic carbocycles. The van der Waals surface area contributed by atoms with Crippen LogP contribution >= 0.6 is 0 Å². The van der Waals surface area contributed by atoms with E-state index in [4.69, 9.17) is 4.74 Å². The van der Waals surface area contributed by atoms with Crippen LogP contribution in [0.3, 0.4) is 0 Å². The normalized spacial score (nSPS) is 12.7. The van der Waals surface area contributed by atoms with E-state index in [1.165, 1.54) is 0 Å². The first-order valence-electron chi connectivity index (χ1n) is 5.90. The summed E-state index contributed by atoms with van der Waals surface area (Å²) in [6, 6.07) is 7.97. The fourth-order valence-corrected chi connectivity index (χ4v) is 2.74. The van der Waals surface area contributed by atoms with Crippen molar-refractivity contribution < 1.29 is 8.95 Å². The number of methoxy groups -OCH3 is 1. The minimum Gasteiger partial charge on any atom is -0.495 e. The van der Waals surface area contributed by atoms with Gasteiger partial charge in [-0.3, -0.25) is 4.21 Å². The van der Waals surface area contributed by atoms with Crippen molar-refractivity contribution in [3.8, 4) is 5.75 Å². The highest BCUT2D eigenvalue weighted by molar-refractivity contribution is 7.85. The van der Waals surface area contributed by atoms with Gasteiger partial charge in [0.2, 0.25) is 0 Å². The van der Waals surface area contributed by atoms with Crippen LogP contribution < -0.4 is 10.1 Å². The molecule has 96 valence electrons. The molecule has 0 aliphatic carbocycles. The summed E-state index contributed by atoms with van der Waals surface area (Å²) >= 11 is 0. The molecule has 1 N–H and O–H groups in total. The molecule has 0 aromatic heterocycles. The van der Waals surface area contributed by atoms with Gasteiger partial charge in [-0.15, -0.1) is 0 Å². The van der Waals surface area contributed by atoms with Crippen LogP contribution in [-0.4, -0.2) is 29.7 Å². The maximum Gasteiger partial charge on any atom is 0.134 e. The highest BCUT2D eigenvalue weighted by Gasteiger charge is 2.09. The Kier molecular flexibility index (Phi) is 6.22. The third-order valence-electron chi connectivity index (χ3n) is 2.37. The molecule has 17 heavy (non-hydrogen) atoms. The van der Waals surface area contributed by atoms with Gasteiger partial charge in [0.1, 0.15) is 5.75 Å². The van der Waals surface area contributed by atoms with E-state index in [0.29, 0.717) is 17.5 Å². The zero-order valence-electron chi connectivity index (χ0n) is 10.7. The van der Waals surface area contributed by atoms with Gasteiger partial charge in [0.25, 0.3) is 0 Å². The second kappa shape index (κ2) is 7.45. The minimum absolute atomic E-state index is 0.481. The Morgan fingerprint density at radius 3 is 2.71 bits per heavy atom. The Morgan fingerprint density at radius 2 is 2.06 bits per heavy atom. The van der Waals surface area contributed by atoms with E-state index >= 15 is 0 Å². The van der Waals surface area contributed by atoms with Crippen LogP contribution in [0.1, 0.15) is 20.3 Å². The minimum atomic E-state index is -0.975. The zero-order valence-corrected chi connectivity index (χ0v) is 11.5. The Hall–Kier alpha value is -0.870. The van der Waals surface area contributed by atoms with Crippen molar-refractivity contribution in [2.45, 2.75) is 31.2 Å². The molecule has 0 saturated heterocycles. The second-order valence-electron chi connectivity index (χ2n) is 4.16. The lowest BCUT2D eigenvalue weighted by Gasteiger charge is -2.09. The predicted octanol–water partition coefficient (Wildman–Crippen LogP) is 2.19. The molecular formula is C13H21NO2S. The van der Waals surface area contributed by atoms with Crippen LogP contribution in [0.15, 0.2) is 29.2 Å². The molecule has 0 saturated carbocycles. The van der Waals surface area contributed by atoms with Crippen molar-refractivity contribution in [3.05, 3.63) is 24.3 Å². The molecule has 0 aliphatic heterocycles. The van der Waals surface area contributed by atoms with E-state index in [-0.39, 0.29) is 0 Å². The monoisotopic (exact) mass is 255 g/mol. The molecule has 0 radical (unpaired) electrons. The molecule has 0 spiro atoms. The van der Waals surface area contributed by atoms with Crippen molar-refractivity contribution >= 4 is 10.8 Å². The lowest BCUT2D eigenvalue weighted by Crippen LogP contribution is -2.24. The number of benzene rings is 1. The Bertz CT molecular complexity index is 366. The van der Waals surface area contributed by atoms with Gasteiger partial charge in [0.05, 0.1) is 22.8 Å². The molecule has 1 rings (SSSR count). The lowest BCUT2D eigenvalue weighted by atomic mass is 10.3. The number of nitrogens with one attached hydrogen (secondary N) is 1. The summed E-state index contributed by atoms with van der Waals surface area (Å²) < 4.78 is 17.3. The van der Waals surface area contributed by atoms with E-state index in [0.717, 1.165) is 17.9 Å². The van der Waals surface area contributed by atoms with Crippen LogP contribution in [0.2, 0.25) is 0 Å². The molecule has 0 amide bonds. The molecule has 0 bridgehead atoms. The average molecular weight is 255 g/mol. The molecule has 3 nitrogen and oxygen atoms in total. The smallest absolute Gasteiger partial charge is 0.134 e. The van der Waals surface area contributed by atoms with E-state index in [1.54, 1.807) is 7.11 Å². The third-order valence-corrected chi connectivity index (χ3v) is 3.86. The maximum absolute atomic E-state index is 12.1. The number of para-hydroxylation sites is 1. The zero-order chi connectivity index (χ0) is 12.7. The summed E-state index contributed by atoms with van der Waals surface area (Å²) in [5, 5.41) is 3.32. The van der Waals surface area contributed by atoms with Gasteiger partial charge in [-0.25, -0.2) is 0 Å². The quantitative estimate of drug-likeness (QED) is 0.759. The SMILES string of the molecule is COc1ccccc1S(=O)CCCNC(C)C. The molecule has 0 fully saturated rings. The fraction of sp³-hybridized carbons (Fsp3) is 0.538. The number of ether oxygens (including phenoxy) is 1. The summed E-state index contributed by atoms with van der Waals surface area (Å²) in [5.41, 5.74) is 0. The summed E-state index contributed by atoms with van der Waals surface area (Å²) in [6.07, 6.45) is 0.906. The summed E-state index contributed by atoms with van der Waals surface area (Å²) in [7, 11) is 0.633. The molecule has 4 heteroatoms. The van der Waals surface area contributed by atoms with E-state index < -0.39 is 10.8 Å². The molecule has 0 heterocycles. The number of rotatable bonds is 7. The van der Waals surface area contributed by atoms with Crippen LogP contribution in [0.25, 0.3) is 0 Å². The first kappa shape index (κ1) is 14.2. The Balaban J connectivity index is 2.47. The van der Waals surface area contributed by atoms with Gasteiger partial charge >= 0.3 is 0 Å². The lowest BCUT2D eigenvalue weighted by molar-refractivity contribution is 0.404. The van der Waals surface area contributed by atoms with E-state index in [9.17, 15) is 4.21 Å². The molecule has 1 atom stereocenters. The Morgan fingerprint density at radius 1 is 1.35 bits per heavy atom. The van der Waals surface area contributed by atoms with Crippen molar-refractivity contribution in [3.63, 3.8) is 0 Å². The summed E-state index contributed by atoms with van der Waals surface area (Å²) in [5.74, 6) is 1.38. The van der Waals surface area contributed by atoms with Gasteiger partial charge in [-0.05, 0) is 25.1 Å². The molecule has 1 unspecified atom stereocenters. The van der Waals surface area contributed by atoms with Crippen LogP contribution in [0, 0.1) is 0 Å². The van der Waals surface area contributed by atoms with Gasteiger partial charge in [0, 0.05) is 11.8 Å². The summed E-state index contributed by atoms with van der Waals surface area (Å²) in [6.45, 7) is 5.12. The van der Waals surface area contributed by atoms with Gasteiger partial charge in [-0.1, -0.05) is 26.0 Å². The first-order valence-corrected chi connectivity index (χ1v) is 7.22. The maximum atomic E-state index is 12.1. The third kappa shape index (κ3) is 4.88. The van der Waals surface area contributed by atoms with Crippen LogP contribution in [-0.2, 0) is 10.8 Å². The van der Waals surface area contributed by atoms with Crippen LogP contribution in [0.5, 0.6) is 5.75 Å². The highest BCUT2D eigenvalue weighted by Crippen LogP contribution is 2.21. The first-order chi connectivity index (χ1) is 8.15. The van der Waals surface area contributed by atoms with Crippen molar-refractivity contribution in [1.82, 2.24) is 5.32 Å². The van der Waals surface area contributed by atoms with Gasteiger partial charge in [-0.2, -0.15) is 0 Å². The topological polar surface area (TPSA) is 38.3 Å². The van der Waals surface area contributed by atoms with Crippen LogP contribution in [0.4, 0.5) is 0 Å². The predicted molar refractivity (Wildman–Crippen MR) is 72.0 cm³/mol. The van der Waals surface area contributed by atoms with E-state index in [1.807, 2.05) is 24.3 Å².